The topological polar surface area (TPSA) is 143 Å². The quantitative estimate of drug-likeness (QED) is 0.150. The van der Waals surface area contributed by atoms with Crippen LogP contribution < -0.4 is 15.4 Å². The van der Waals surface area contributed by atoms with E-state index >= 15 is 0 Å². The molecule has 190 valence electrons. The van der Waals surface area contributed by atoms with Gasteiger partial charge in [0.25, 0.3) is 21.6 Å². The lowest BCUT2D eigenvalue weighted by Crippen LogP contribution is -2.18. The van der Waals surface area contributed by atoms with Crippen LogP contribution in [-0.2, 0) is 10.0 Å². The number of rotatable bonds is 7. The minimum absolute atomic E-state index is 0.0242. The summed E-state index contributed by atoms with van der Waals surface area (Å²) < 4.78 is 28.2. The van der Waals surface area contributed by atoms with Gasteiger partial charge in [-0.05, 0) is 60.7 Å². The maximum absolute atomic E-state index is 12.8. The molecule has 0 fully saturated rings. The summed E-state index contributed by atoms with van der Waals surface area (Å²) >= 11 is 0. The zero-order chi connectivity index (χ0) is 26.9. The van der Waals surface area contributed by atoms with Gasteiger partial charge in [0, 0.05) is 46.9 Å². The van der Waals surface area contributed by atoms with Crippen LogP contribution in [0.4, 0.5) is 22.7 Å². The third kappa shape index (κ3) is 4.82. The molecule has 4 aromatic carbocycles. The van der Waals surface area contributed by atoms with Gasteiger partial charge in [0.05, 0.1) is 26.5 Å². The Bertz CT molecular complexity index is 1800. The van der Waals surface area contributed by atoms with E-state index in [9.17, 15) is 23.3 Å². The van der Waals surface area contributed by atoms with E-state index in [0.717, 1.165) is 11.1 Å². The number of nitro benzene ring substituents is 1. The van der Waals surface area contributed by atoms with Gasteiger partial charge in [0.15, 0.2) is 0 Å². The number of hydrogen-bond donors (Lipinski definition) is 3. The Balaban J connectivity index is 1.42. The number of non-ortho nitro benzene ring substituents is 1. The largest absolute Gasteiger partial charge is 0.355 e. The average molecular weight is 528 g/mol. The summed E-state index contributed by atoms with van der Waals surface area (Å²) in [5.41, 5.74) is 3.22. The van der Waals surface area contributed by atoms with Gasteiger partial charge in [-0.2, -0.15) is 0 Å². The molecule has 0 bridgehead atoms. The lowest BCUT2D eigenvalue weighted by molar-refractivity contribution is -0.384. The lowest BCUT2D eigenvalue weighted by atomic mass is 10.1. The highest BCUT2D eigenvalue weighted by Gasteiger charge is 2.16. The molecule has 5 aromatic rings. The predicted octanol–water partition coefficient (Wildman–Crippen LogP) is 5.20. The average Bonchev–Trinajstić information content (AvgIpc) is 2.93. The molecule has 0 aliphatic heterocycles. The number of para-hydroxylation sites is 1. The molecular weight excluding hydrogens is 506 g/mol. The number of benzene rings is 4. The maximum atomic E-state index is 12.8. The summed E-state index contributed by atoms with van der Waals surface area (Å²) in [5.74, 6) is -0.307. The number of nitrogens with one attached hydrogen (secondary N) is 3. The van der Waals surface area contributed by atoms with E-state index in [2.05, 4.69) is 20.3 Å². The van der Waals surface area contributed by atoms with E-state index < -0.39 is 14.9 Å². The van der Waals surface area contributed by atoms with Crippen LogP contribution in [0.1, 0.15) is 10.4 Å². The molecule has 5 rings (SSSR count). The van der Waals surface area contributed by atoms with Crippen molar-refractivity contribution in [2.24, 2.45) is 0 Å². The van der Waals surface area contributed by atoms with Gasteiger partial charge >= 0.3 is 0 Å². The number of carbonyl (C=O) groups excluding carboxylic acids is 1. The standard InChI is InChI=1S/C27H21N5O5S/c1-28-27(33)17-6-13-21(14-7-17)38(36,37)31-19-10-8-18(9-11-19)29-26-22-4-2-3-5-24(22)30-25-16-20(32(34)35)12-15-23(25)26/h2-16,31H,1H3,(H,28,33)(H,29,30). The number of amides is 1. The van der Waals surface area contributed by atoms with Crippen molar-refractivity contribution < 1.29 is 18.1 Å². The molecule has 1 heterocycles. The Morgan fingerprint density at radius 2 is 1.50 bits per heavy atom. The molecule has 10 nitrogen and oxygen atoms in total. The van der Waals surface area contributed by atoms with E-state index in [1.165, 1.54) is 43.4 Å². The first-order valence-electron chi connectivity index (χ1n) is 11.4. The van der Waals surface area contributed by atoms with Gasteiger partial charge in [-0.1, -0.05) is 18.2 Å². The summed E-state index contributed by atoms with van der Waals surface area (Å²) in [7, 11) is -2.37. The molecule has 11 heteroatoms. The number of pyridine rings is 1. The molecule has 0 saturated heterocycles. The molecule has 0 spiro atoms. The van der Waals surface area contributed by atoms with Gasteiger partial charge < -0.3 is 10.6 Å². The highest BCUT2D eigenvalue weighted by molar-refractivity contribution is 7.92. The van der Waals surface area contributed by atoms with Crippen LogP contribution in [0.2, 0.25) is 0 Å². The van der Waals surface area contributed by atoms with Crippen LogP contribution in [0.5, 0.6) is 0 Å². The fourth-order valence-electron chi connectivity index (χ4n) is 4.04. The first-order valence-corrected chi connectivity index (χ1v) is 12.9. The molecule has 3 N–H and O–H groups in total. The van der Waals surface area contributed by atoms with E-state index in [-0.39, 0.29) is 16.5 Å². The SMILES string of the molecule is CNC(=O)c1ccc(S(=O)(=O)Nc2ccc(Nc3c4ccccc4nc4cc([N+](=O)[O-])ccc34)cc2)cc1. The van der Waals surface area contributed by atoms with Gasteiger partial charge in [-0.3, -0.25) is 19.6 Å². The van der Waals surface area contributed by atoms with Crippen LogP contribution >= 0.6 is 0 Å². The summed E-state index contributed by atoms with van der Waals surface area (Å²) in [6.07, 6.45) is 0. The normalized spacial score (nSPS) is 11.3. The van der Waals surface area contributed by atoms with Crippen LogP contribution in [0.15, 0.2) is 95.9 Å². The Hall–Kier alpha value is -5.03. The molecule has 0 atom stereocenters. The lowest BCUT2D eigenvalue weighted by Gasteiger charge is -2.14. The number of nitro groups is 1. The minimum atomic E-state index is -3.87. The summed E-state index contributed by atoms with van der Waals surface area (Å²) in [5, 5.41) is 18.6. The molecule has 0 unspecified atom stereocenters. The zero-order valence-corrected chi connectivity index (χ0v) is 20.8. The summed E-state index contributed by atoms with van der Waals surface area (Å²) in [4.78, 5) is 27.1. The van der Waals surface area contributed by atoms with Crippen molar-refractivity contribution in [1.82, 2.24) is 10.3 Å². The Kier molecular flexibility index (Phi) is 6.35. The second-order valence-electron chi connectivity index (χ2n) is 8.37. The van der Waals surface area contributed by atoms with E-state index in [0.29, 0.717) is 33.4 Å². The Labute approximate surface area is 217 Å². The summed E-state index contributed by atoms with van der Waals surface area (Å²) in [6, 6.07) is 24.3. The number of hydrogen-bond acceptors (Lipinski definition) is 7. The van der Waals surface area contributed by atoms with E-state index in [1.54, 1.807) is 30.3 Å². The summed E-state index contributed by atoms with van der Waals surface area (Å²) in [6.45, 7) is 0. The zero-order valence-electron chi connectivity index (χ0n) is 20.0. The number of nitrogens with zero attached hydrogens (tertiary/aromatic N) is 2. The van der Waals surface area contributed by atoms with Crippen LogP contribution in [0, 0.1) is 10.1 Å². The minimum Gasteiger partial charge on any atom is -0.355 e. The molecule has 0 aliphatic rings. The van der Waals surface area contributed by atoms with Crippen molar-refractivity contribution in [2.75, 3.05) is 17.1 Å². The van der Waals surface area contributed by atoms with Gasteiger partial charge in [-0.15, -0.1) is 0 Å². The number of carbonyl (C=O) groups is 1. The second kappa shape index (κ2) is 9.79. The molecule has 0 saturated carbocycles. The fourth-order valence-corrected chi connectivity index (χ4v) is 5.10. The molecule has 38 heavy (non-hydrogen) atoms. The molecule has 1 amide bonds. The van der Waals surface area contributed by atoms with Gasteiger partial charge in [0.1, 0.15) is 0 Å². The monoisotopic (exact) mass is 527 g/mol. The van der Waals surface area contributed by atoms with Crippen molar-refractivity contribution in [1.29, 1.82) is 0 Å². The van der Waals surface area contributed by atoms with Crippen LogP contribution in [-0.4, -0.2) is 31.3 Å². The Morgan fingerprint density at radius 3 is 2.18 bits per heavy atom. The Morgan fingerprint density at radius 1 is 0.842 bits per heavy atom. The first-order chi connectivity index (χ1) is 18.2. The number of anilines is 3. The maximum Gasteiger partial charge on any atom is 0.271 e. The van der Waals surface area contributed by atoms with Crippen LogP contribution in [0.3, 0.4) is 0 Å². The smallest absolute Gasteiger partial charge is 0.271 e. The van der Waals surface area contributed by atoms with Crippen molar-refractivity contribution in [3.8, 4) is 0 Å². The molecule has 1 aromatic heterocycles. The predicted molar refractivity (Wildman–Crippen MR) is 146 cm³/mol. The van der Waals surface area contributed by atoms with Crippen LogP contribution in [0.25, 0.3) is 21.8 Å². The number of fused-ring (bicyclic) bond motifs is 2. The van der Waals surface area contributed by atoms with Crippen molar-refractivity contribution in [3.63, 3.8) is 0 Å². The highest BCUT2D eigenvalue weighted by Crippen LogP contribution is 2.35. The van der Waals surface area contributed by atoms with Gasteiger partial charge in [0.2, 0.25) is 0 Å². The number of sulfonamides is 1. The van der Waals surface area contributed by atoms with Gasteiger partial charge in [-0.25, -0.2) is 13.4 Å². The van der Waals surface area contributed by atoms with E-state index in [1.807, 2.05) is 24.3 Å². The highest BCUT2D eigenvalue weighted by atomic mass is 32.2. The third-order valence-electron chi connectivity index (χ3n) is 5.94. The van der Waals surface area contributed by atoms with Crippen molar-refractivity contribution >= 4 is 60.5 Å². The fraction of sp³-hybridized carbons (Fsp3) is 0.0370. The molecule has 0 radical (unpaired) electrons. The van der Waals surface area contributed by atoms with E-state index in [4.69, 9.17) is 0 Å². The first kappa shape index (κ1) is 24.7. The molecular formula is C27H21N5O5S. The third-order valence-corrected chi connectivity index (χ3v) is 7.33. The second-order valence-corrected chi connectivity index (χ2v) is 10.1. The molecule has 0 aliphatic carbocycles. The van der Waals surface area contributed by atoms with Crippen molar-refractivity contribution in [2.45, 2.75) is 4.90 Å². The number of aromatic nitrogens is 1. The van der Waals surface area contributed by atoms with Crippen molar-refractivity contribution in [3.05, 3.63) is 107 Å².